The number of benzene rings is 2. The lowest BCUT2D eigenvalue weighted by atomic mass is 9.97. The molecule has 1 saturated heterocycles. The first-order chi connectivity index (χ1) is 24.9. The lowest BCUT2D eigenvalue weighted by Crippen LogP contribution is -2.81. The highest BCUT2D eigenvalue weighted by atomic mass is 32.2. The maximum absolute atomic E-state index is 14.0. The SMILES string of the molecule is CO[C@@]1(NC(=O)C(NC(=O)c2coc3cc(O)c(O)cc3c2=O)c2ccccc2)C(=O)N2C(C(=O)O)=C(CSc3nnnn3CCN(C)C)CS[C@H]21. The Balaban J connectivity index is 1.24. The molecule has 18 nitrogen and oxygen atoms in total. The van der Waals surface area contributed by atoms with Crippen LogP contribution in [-0.2, 0) is 25.7 Å². The summed E-state index contributed by atoms with van der Waals surface area (Å²) in [5.41, 5.74) is -2.96. The van der Waals surface area contributed by atoms with Gasteiger partial charge < -0.3 is 40.0 Å². The number of phenolic OH excluding ortho intramolecular Hbond substituents is 2. The number of methoxy groups -OCH3 is 1. The average molecular weight is 753 g/mol. The van der Waals surface area contributed by atoms with Crippen LogP contribution >= 0.6 is 23.5 Å². The quantitative estimate of drug-likeness (QED) is 0.0547. The third kappa shape index (κ3) is 6.67. The Bertz CT molecular complexity index is 2160. The van der Waals surface area contributed by atoms with Crippen molar-refractivity contribution in [1.82, 2.24) is 40.6 Å². The molecular weight excluding hydrogens is 721 g/mol. The molecule has 1 unspecified atom stereocenters. The number of likely N-dealkylation sites (N-methyl/N-ethyl adjacent to an activating group) is 1. The second-order valence-electron chi connectivity index (χ2n) is 11.9. The molecule has 0 bridgehead atoms. The van der Waals surface area contributed by atoms with Crippen molar-refractivity contribution >= 4 is 58.2 Å². The van der Waals surface area contributed by atoms with Gasteiger partial charge >= 0.3 is 5.97 Å². The van der Waals surface area contributed by atoms with Gasteiger partial charge in [0.15, 0.2) is 11.5 Å². The largest absolute Gasteiger partial charge is 0.504 e. The number of fused-ring (bicyclic) bond motifs is 2. The highest BCUT2D eigenvalue weighted by Gasteiger charge is 2.67. The zero-order valence-electron chi connectivity index (χ0n) is 27.8. The molecule has 3 amide bonds. The number of phenols is 2. The van der Waals surface area contributed by atoms with E-state index in [1.165, 1.54) is 30.6 Å². The number of carboxylic acid groups (broad SMARTS) is 1. The van der Waals surface area contributed by atoms with E-state index < -0.39 is 63.3 Å². The monoisotopic (exact) mass is 752 g/mol. The number of carbonyl (C=O) groups excluding carboxylic acids is 3. The predicted molar refractivity (Wildman–Crippen MR) is 185 cm³/mol. The number of tetrazole rings is 1. The average Bonchev–Trinajstić information content (AvgIpc) is 3.58. The highest BCUT2D eigenvalue weighted by molar-refractivity contribution is 8.01. The lowest BCUT2D eigenvalue weighted by Gasteiger charge is -2.56. The van der Waals surface area contributed by atoms with Crippen LogP contribution in [0, 0.1) is 0 Å². The van der Waals surface area contributed by atoms with Crippen molar-refractivity contribution in [2.45, 2.75) is 28.8 Å². The van der Waals surface area contributed by atoms with Gasteiger partial charge in [-0.3, -0.25) is 24.1 Å². The van der Waals surface area contributed by atoms with Crippen LogP contribution in [0.2, 0.25) is 0 Å². The molecular formula is C32H32N8O10S2. The molecule has 2 aliphatic rings. The van der Waals surface area contributed by atoms with Gasteiger partial charge in [0.2, 0.25) is 16.5 Å². The van der Waals surface area contributed by atoms with Gasteiger partial charge in [0, 0.05) is 31.2 Å². The Labute approximate surface area is 302 Å². The van der Waals surface area contributed by atoms with Crippen molar-refractivity contribution in [3.63, 3.8) is 0 Å². The maximum Gasteiger partial charge on any atom is 0.352 e. The fraction of sp³-hybridized carbons (Fsp3) is 0.312. The molecule has 5 N–H and O–H groups in total. The number of hydrogen-bond donors (Lipinski definition) is 5. The Morgan fingerprint density at radius 2 is 1.90 bits per heavy atom. The first kappa shape index (κ1) is 36.4. The molecule has 0 aliphatic carbocycles. The van der Waals surface area contributed by atoms with Gasteiger partial charge in [0.1, 0.15) is 34.5 Å². The van der Waals surface area contributed by atoms with Crippen molar-refractivity contribution in [3.8, 4) is 11.5 Å². The summed E-state index contributed by atoms with van der Waals surface area (Å²) in [5.74, 6) is -4.88. The van der Waals surface area contributed by atoms with E-state index in [9.17, 15) is 39.3 Å². The smallest absolute Gasteiger partial charge is 0.352 e. The second-order valence-corrected chi connectivity index (χ2v) is 13.9. The minimum atomic E-state index is -2.00. The van der Waals surface area contributed by atoms with E-state index in [-0.39, 0.29) is 33.7 Å². The number of β-lactam (4-membered cyclic amide) rings is 1. The number of hydrogen-bond acceptors (Lipinski definition) is 15. The Morgan fingerprint density at radius 1 is 1.17 bits per heavy atom. The minimum Gasteiger partial charge on any atom is -0.504 e. The van der Waals surface area contributed by atoms with E-state index in [0.717, 1.165) is 23.3 Å². The second kappa shape index (κ2) is 14.7. The van der Waals surface area contributed by atoms with Crippen LogP contribution in [0.25, 0.3) is 11.0 Å². The fourth-order valence-corrected chi connectivity index (χ4v) is 8.14. The number of carboxylic acids is 1. The van der Waals surface area contributed by atoms with Gasteiger partial charge in [-0.25, -0.2) is 9.48 Å². The normalized spacial score (nSPS) is 19.0. The number of ether oxygens (including phenoxy) is 1. The van der Waals surface area contributed by atoms with Gasteiger partial charge in [-0.15, -0.1) is 16.9 Å². The van der Waals surface area contributed by atoms with Crippen LogP contribution < -0.4 is 16.1 Å². The van der Waals surface area contributed by atoms with Gasteiger partial charge in [-0.2, -0.15) is 0 Å². The van der Waals surface area contributed by atoms with E-state index in [2.05, 4.69) is 26.2 Å². The first-order valence-corrected chi connectivity index (χ1v) is 17.5. The number of aliphatic carboxylic acids is 1. The Morgan fingerprint density at radius 3 is 2.60 bits per heavy atom. The van der Waals surface area contributed by atoms with Crippen molar-refractivity contribution < 1.29 is 43.7 Å². The summed E-state index contributed by atoms with van der Waals surface area (Å²) in [5, 5.41) is 46.0. The Hall–Kier alpha value is -5.44. The molecule has 2 aromatic heterocycles. The minimum absolute atomic E-state index is 0.0916. The summed E-state index contributed by atoms with van der Waals surface area (Å²) >= 11 is 2.41. The van der Waals surface area contributed by atoms with E-state index >= 15 is 0 Å². The van der Waals surface area contributed by atoms with E-state index in [1.807, 2.05) is 19.0 Å². The fourth-order valence-electron chi connectivity index (χ4n) is 5.66. The Kier molecular flexibility index (Phi) is 10.2. The first-order valence-electron chi connectivity index (χ1n) is 15.5. The van der Waals surface area contributed by atoms with Crippen LogP contribution in [0.1, 0.15) is 22.0 Å². The molecule has 2 aromatic carbocycles. The molecule has 2 aliphatic heterocycles. The van der Waals surface area contributed by atoms with E-state index in [1.54, 1.807) is 35.0 Å². The molecule has 0 saturated carbocycles. The number of aromatic nitrogens is 4. The molecule has 52 heavy (non-hydrogen) atoms. The van der Waals surface area contributed by atoms with Gasteiger partial charge in [0.25, 0.3) is 17.5 Å². The molecule has 3 atom stereocenters. The molecule has 1 fully saturated rings. The van der Waals surface area contributed by atoms with Gasteiger partial charge in [0.05, 0.1) is 11.9 Å². The zero-order valence-corrected chi connectivity index (χ0v) is 29.4. The zero-order chi connectivity index (χ0) is 37.3. The van der Waals surface area contributed by atoms with Crippen LogP contribution in [0.4, 0.5) is 0 Å². The number of rotatable bonds is 13. The van der Waals surface area contributed by atoms with Crippen molar-refractivity contribution in [2.24, 2.45) is 0 Å². The van der Waals surface area contributed by atoms with Gasteiger partial charge in [-0.1, -0.05) is 42.1 Å². The summed E-state index contributed by atoms with van der Waals surface area (Å²) < 4.78 is 12.6. The molecule has 6 rings (SSSR count). The summed E-state index contributed by atoms with van der Waals surface area (Å²) in [6.45, 7) is 1.19. The maximum atomic E-state index is 14.0. The summed E-state index contributed by atoms with van der Waals surface area (Å²) in [7, 11) is 5.02. The van der Waals surface area contributed by atoms with Crippen molar-refractivity contribution in [3.05, 3.63) is 81.3 Å². The summed E-state index contributed by atoms with van der Waals surface area (Å²) in [4.78, 5) is 70.1. The summed E-state index contributed by atoms with van der Waals surface area (Å²) in [6.07, 6.45) is 0.860. The van der Waals surface area contributed by atoms with Crippen molar-refractivity contribution in [1.29, 1.82) is 0 Å². The molecule has 4 heterocycles. The van der Waals surface area contributed by atoms with Crippen LogP contribution in [-0.4, -0.2) is 119 Å². The number of carbonyl (C=O) groups is 4. The lowest BCUT2D eigenvalue weighted by molar-refractivity contribution is -0.192. The molecule has 4 aromatic rings. The number of nitrogens with zero attached hydrogens (tertiary/aromatic N) is 6. The topological polar surface area (TPSA) is 243 Å². The summed E-state index contributed by atoms with van der Waals surface area (Å²) in [6, 6.07) is 8.50. The molecule has 0 spiro atoms. The molecule has 0 radical (unpaired) electrons. The molecule has 272 valence electrons. The number of thioether (sulfide) groups is 2. The van der Waals surface area contributed by atoms with Crippen LogP contribution in [0.3, 0.4) is 0 Å². The van der Waals surface area contributed by atoms with E-state index in [0.29, 0.717) is 23.8 Å². The van der Waals surface area contributed by atoms with Crippen LogP contribution in [0.15, 0.2) is 74.4 Å². The number of nitrogens with one attached hydrogen (secondary N) is 2. The third-order valence-corrected chi connectivity index (χ3v) is 10.8. The van der Waals surface area contributed by atoms with Crippen LogP contribution in [0.5, 0.6) is 11.5 Å². The van der Waals surface area contributed by atoms with E-state index in [4.69, 9.17) is 9.15 Å². The molecule has 20 heteroatoms. The highest BCUT2D eigenvalue weighted by Crippen LogP contribution is 2.47. The van der Waals surface area contributed by atoms with Gasteiger partial charge in [-0.05, 0) is 41.7 Å². The number of amides is 3. The predicted octanol–water partition coefficient (Wildman–Crippen LogP) is 0.728. The third-order valence-electron chi connectivity index (χ3n) is 8.36. The van der Waals surface area contributed by atoms with Crippen molar-refractivity contribution in [2.75, 3.05) is 39.3 Å². The standard InChI is InChI=1S/C32H32N8O10S2/c1-38(2)9-10-39-31(35-36-37-39)52-15-17-14-51-30-32(49-3,29(48)40(30)24(17)28(46)47)34-27(45)23(16-7-5-4-6-8-16)33-26(44)19-13-50-22-12-21(42)20(41)11-18(22)25(19)43/h4-8,11-13,23,30,41-42H,9-10,14-15H2,1-3H3,(H,33,44)(H,34,45)(H,46,47)/t23?,30-,32-/m0/s1. The number of aromatic hydroxyl groups is 2.